The molecule has 34 heavy (non-hydrogen) atoms. The Kier molecular flexibility index (Phi) is 8.08. The van der Waals surface area contributed by atoms with Gasteiger partial charge in [-0.1, -0.05) is 23.2 Å². The molecule has 0 aromatic heterocycles. The van der Waals surface area contributed by atoms with Crippen LogP contribution in [0.25, 0.3) is 6.08 Å². The van der Waals surface area contributed by atoms with Crippen LogP contribution < -0.4 is 10.1 Å². The zero-order chi connectivity index (χ0) is 25.0. The smallest absolute Gasteiger partial charge is 0.339 e. The third-order valence-electron chi connectivity index (χ3n) is 4.49. The van der Waals surface area contributed by atoms with Crippen LogP contribution in [-0.4, -0.2) is 53.3 Å². The Morgan fingerprint density at radius 3 is 2.59 bits per heavy atom. The van der Waals surface area contributed by atoms with Gasteiger partial charge in [-0.15, -0.1) is 0 Å². The van der Waals surface area contributed by atoms with Gasteiger partial charge in [0.1, 0.15) is 6.54 Å². The summed E-state index contributed by atoms with van der Waals surface area (Å²) < 4.78 is 9.95. The first-order valence-corrected chi connectivity index (χ1v) is 11.3. The van der Waals surface area contributed by atoms with Crippen molar-refractivity contribution in [3.63, 3.8) is 0 Å². The van der Waals surface area contributed by atoms with Crippen LogP contribution >= 0.6 is 35.0 Å². The van der Waals surface area contributed by atoms with Gasteiger partial charge in [0.2, 0.25) is 5.91 Å². The van der Waals surface area contributed by atoms with E-state index in [2.05, 4.69) is 5.32 Å². The summed E-state index contributed by atoms with van der Waals surface area (Å²) in [5, 5.41) is 11.9. The number of ether oxygens (including phenoxy) is 2. The van der Waals surface area contributed by atoms with Crippen LogP contribution in [0.15, 0.2) is 35.2 Å². The van der Waals surface area contributed by atoms with Gasteiger partial charge in [-0.3, -0.25) is 19.3 Å². The number of thioether (sulfide) groups is 1. The summed E-state index contributed by atoms with van der Waals surface area (Å²) in [5.41, 5.74) is 0.728. The molecule has 2 N–H and O–H groups in total. The number of imide groups is 1. The van der Waals surface area contributed by atoms with Crippen LogP contribution in [0.4, 0.5) is 10.5 Å². The Labute approximate surface area is 208 Å². The van der Waals surface area contributed by atoms with E-state index in [0.29, 0.717) is 17.3 Å². The molecule has 178 valence electrons. The van der Waals surface area contributed by atoms with Gasteiger partial charge in [-0.25, -0.2) is 4.79 Å². The van der Waals surface area contributed by atoms with E-state index in [1.54, 1.807) is 6.92 Å². The zero-order valence-electron chi connectivity index (χ0n) is 17.9. The number of hydrogen-bond donors (Lipinski definition) is 2. The minimum Gasteiger partial charge on any atom is -0.503 e. The molecule has 0 bridgehead atoms. The quantitative estimate of drug-likeness (QED) is 0.399. The SMILES string of the molecule is CCOC(=O)c1cc(NC(=O)CN2C(=O)S/C(=C\c3cc(Cl)c(O)c(OC)c3)C2=O)ccc1Cl. The first kappa shape index (κ1) is 25.4. The monoisotopic (exact) mass is 524 g/mol. The number of hydrogen-bond acceptors (Lipinski definition) is 8. The molecule has 2 aromatic carbocycles. The first-order chi connectivity index (χ1) is 16.1. The summed E-state index contributed by atoms with van der Waals surface area (Å²) in [5.74, 6) is -2.13. The average molecular weight is 525 g/mol. The van der Waals surface area contributed by atoms with Crippen molar-refractivity contribution < 1.29 is 33.8 Å². The molecule has 0 aliphatic carbocycles. The fourth-order valence-corrected chi connectivity index (χ4v) is 4.18. The molecule has 0 radical (unpaired) electrons. The molecule has 0 saturated carbocycles. The minimum absolute atomic E-state index is 0.00867. The van der Waals surface area contributed by atoms with Crippen molar-refractivity contribution in [3.8, 4) is 11.5 Å². The number of nitrogens with zero attached hydrogens (tertiary/aromatic N) is 1. The lowest BCUT2D eigenvalue weighted by atomic mass is 10.2. The van der Waals surface area contributed by atoms with E-state index in [9.17, 15) is 24.3 Å². The molecule has 1 heterocycles. The molecule has 0 atom stereocenters. The van der Waals surface area contributed by atoms with Gasteiger partial charge in [0.05, 0.1) is 34.2 Å². The Morgan fingerprint density at radius 1 is 1.18 bits per heavy atom. The number of esters is 1. The molecule has 2 aromatic rings. The number of carbonyl (C=O) groups excluding carboxylic acids is 4. The second kappa shape index (κ2) is 10.8. The summed E-state index contributed by atoms with van der Waals surface area (Å²) in [6.45, 7) is 1.26. The zero-order valence-corrected chi connectivity index (χ0v) is 20.2. The highest BCUT2D eigenvalue weighted by molar-refractivity contribution is 8.18. The molecule has 1 saturated heterocycles. The lowest BCUT2D eigenvalue weighted by molar-refractivity contribution is -0.127. The Bertz CT molecular complexity index is 1220. The highest BCUT2D eigenvalue weighted by Gasteiger charge is 2.36. The minimum atomic E-state index is -0.670. The lowest BCUT2D eigenvalue weighted by Gasteiger charge is -2.13. The van der Waals surface area contributed by atoms with Gasteiger partial charge in [0.15, 0.2) is 11.5 Å². The van der Waals surface area contributed by atoms with E-state index in [1.165, 1.54) is 43.5 Å². The molecular weight excluding hydrogens is 507 g/mol. The predicted octanol–water partition coefficient (Wildman–Crippen LogP) is 4.56. The first-order valence-electron chi connectivity index (χ1n) is 9.73. The van der Waals surface area contributed by atoms with Gasteiger partial charge in [0.25, 0.3) is 11.1 Å². The molecule has 0 spiro atoms. The van der Waals surface area contributed by atoms with Crippen molar-refractivity contribution in [3.05, 3.63) is 56.4 Å². The maximum atomic E-state index is 12.7. The molecule has 12 heteroatoms. The van der Waals surface area contributed by atoms with Crippen molar-refractivity contribution in [2.45, 2.75) is 6.92 Å². The van der Waals surface area contributed by atoms with Crippen LogP contribution in [0.3, 0.4) is 0 Å². The number of rotatable bonds is 7. The summed E-state index contributed by atoms with van der Waals surface area (Å²) in [4.78, 5) is 50.4. The van der Waals surface area contributed by atoms with Crippen molar-refractivity contribution in [1.82, 2.24) is 4.90 Å². The number of halogens is 2. The summed E-state index contributed by atoms with van der Waals surface area (Å²) in [7, 11) is 1.35. The highest BCUT2D eigenvalue weighted by atomic mass is 35.5. The number of phenols is 1. The molecule has 1 fully saturated rings. The fraction of sp³-hybridized carbons (Fsp3) is 0.182. The maximum absolute atomic E-state index is 12.7. The van der Waals surface area contributed by atoms with Crippen LogP contribution in [0.2, 0.25) is 10.0 Å². The second-order valence-electron chi connectivity index (χ2n) is 6.78. The number of amides is 3. The topological polar surface area (TPSA) is 122 Å². The number of nitrogens with one attached hydrogen (secondary N) is 1. The van der Waals surface area contributed by atoms with Crippen LogP contribution in [0, 0.1) is 0 Å². The van der Waals surface area contributed by atoms with Gasteiger partial charge in [-0.05, 0) is 60.7 Å². The van der Waals surface area contributed by atoms with Crippen molar-refractivity contribution in [1.29, 1.82) is 0 Å². The molecule has 3 rings (SSSR count). The number of carbonyl (C=O) groups is 4. The molecule has 3 amide bonds. The van der Waals surface area contributed by atoms with E-state index < -0.39 is 29.6 Å². The van der Waals surface area contributed by atoms with Gasteiger partial charge < -0.3 is 19.9 Å². The third kappa shape index (κ3) is 5.64. The Hall–Kier alpha value is -3.21. The summed E-state index contributed by atoms with van der Waals surface area (Å²) in [6, 6.07) is 7.08. The van der Waals surface area contributed by atoms with Crippen LogP contribution in [-0.2, 0) is 14.3 Å². The molecule has 1 aliphatic heterocycles. The summed E-state index contributed by atoms with van der Waals surface area (Å²) >= 11 is 12.6. The van der Waals surface area contributed by atoms with E-state index >= 15 is 0 Å². The largest absolute Gasteiger partial charge is 0.503 e. The Balaban J connectivity index is 1.73. The maximum Gasteiger partial charge on any atom is 0.339 e. The summed E-state index contributed by atoms with van der Waals surface area (Å²) in [6.07, 6.45) is 1.40. The van der Waals surface area contributed by atoms with Gasteiger partial charge in [0, 0.05) is 5.69 Å². The normalized spacial score (nSPS) is 14.5. The predicted molar refractivity (Wildman–Crippen MR) is 128 cm³/mol. The standard InChI is InChI=1S/C22H18Cl2N2O7S/c1-3-33-21(30)13-9-12(4-5-14(13)23)25-18(27)10-26-20(29)17(34-22(26)31)8-11-6-15(24)19(28)16(7-11)32-2/h4-9,28H,3,10H2,1-2H3,(H,25,27)/b17-8-. The number of phenolic OH excluding ortho intramolecular Hbond substituents is 1. The van der Waals surface area contributed by atoms with E-state index in [1.807, 2.05) is 0 Å². The van der Waals surface area contributed by atoms with Crippen LogP contribution in [0.1, 0.15) is 22.8 Å². The third-order valence-corrected chi connectivity index (χ3v) is 6.01. The van der Waals surface area contributed by atoms with Crippen molar-refractivity contribution in [2.75, 3.05) is 25.6 Å². The second-order valence-corrected chi connectivity index (χ2v) is 8.59. The van der Waals surface area contributed by atoms with E-state index in [-0.39, 0.29) is 44.3 Å². The number of methoxy groups -OCH3 is 1. The Morgan fingerprint density at radius 2 is 1.91 bits per heavy atom. The highest BCUT2D eigenvalue weighted by Crippen LogP contribution is 2.38. The fourth-order valence-electron chi connectivity index (χ4n) is 2.93. The number of anilines is 1. The van der Waals surface area contributed by atoms with Crippen molar-refractivity contribution >= 4 is 69.8 Å². The lowest BCUT2D eigenvalue weighted by Crippen LogP contribution is -2.36. The van der Waals surface area contributed by atoms with E-state index in [4.69, 9.17) is 32.7 Å². The van der Waals surface area contributed by atoms with Gasteiger partial charge in [-0.2, -0.15) is 0 Å². The van der Waals surface area contributed by atoms with Crippen LogP contribution in [0.5, 0.6) is 11.5 Å². The molecule has 1 aliphatic rings. The number of benzene rings is 2. The van der Waals surface area contributed by atoms with Gasteiger partial charge >= 0.3 is 5.97 Å². The molecule has 0 unspecified atom stereocenters. The molecular formula is C22H18Cl2N2O7S. The van der Waals surface area contributed by atoms with Crippen molar-refractivity contribution in [2.24, 2.45) is 0 Å². The van der Waals surface area contributed by atoms with E-state index in [0.717, 1.165) is 4.90 Å². The average Bonchev–Trinajstić information content (AvgIpc) is 3.04. The molecule has 9 nitrogen and oxygen atoms in total. The number of aromatic hydroxyl groups is 1.